The minimum Gasteiger partial charge on any atom is -0.468 e. The van der Waals surface area contributed by atoms with Crippen LogP contribution in [0.1, 0.15) is 39.5 Å². The summed E-state index contributed by atoms with van der Waals surface area (Å²) in [6, 6.07) is -0.110. The van der Waals surface area contributed by atoms with Crippen molar-refractivity contribution in [3.63, 3.8) is 0 Å². The summed E-state index contributed by atoms with van der Waals surface area (Å²) in [6.45, 7) is 5.27. The third-order valence-electron chi connectivity index (χ3n) is 3.10. The van der Waals surface area contributed by atoms with Crippen LogP contribution in [0, 0.1) is 0 Å². The van der Waals surface area contributed by atoms with Crippen molar-refractivity contribution in [1.82, 2.24) is 4.90 Å². The molecule has 0 spiro atoms. The summed E-state index contributed by atoms with van der Waals surface area (Å²) >= 11 is 0. The summed E-state index contributed by atoms with van der Waals surface area (Å²) in [5.41, 5.74) is -0.669. The van der Waals surface area contributed by atoms with Crippen molar-refractivity contribution in [2.24, 2.45) is 0 Å². The summed E-state index contributed by atoms with van der Waals surface area (Å²) < 4.78 is 4.81. The van der Waals surface area contributed by atoms with Crippen molar-refractivity contribution in [3.05, 3.63) is 0 Å². The minimum atomic E-state index is -0.669. The molecule has 1 heterocycles. The van der Waals surface area contributed by atoms with Crippen molar-refractivity contribution in [2.75, 3.05) is 20.2 Å². The molecule has 0 aromatic rings. The van der Waals surface area contributed by atoms with Gasteiger partial charge >= 0.3 is 5.97 Å². The molecule has 1 rings (SSSR count). The van der Waals surface area contributed by atoms with Crippen LogP contribution in [0.5, 0.6) is 0 Å². The number of carbonyl (C=O) groups is 1. The van der Waals surface area contributed by atoms with Gasteiger partial charge in [0.15, 0.2) is 0 Å². The molecule has 0 aromatic carbocycles. The van der Waals surface area contributed by atoms with Gasteiger partial charge in [-0.3, -0.25) is 9.69 Å². The summed E-state index contributed by atoms with van der Waals surface area (Å²) in [6.07, 6.45) is 3.76. The lowest BCUT2D eigenvalue weighted by Gasteiger charge is -2.35. The summed E-state index contributed by atoms with van der Waals surface area (Å²) in [5, 5.41) is 9.69. The number of likely N-dealkylation sites (tertiary alicyclic amines) is 1. The van der Waals surface area contributed by atoms with Crippen LogP contribution in [-0.2, 0) is 9.53 Å². The van der Waals surface area contributed by atoms with Gasteiger partial charge < -0.3 is 9.84 Å². The van der Waals surface area contributed by atoms with Crippen LogP contribution in [0.4, 0.5) is 0 Å². The largest absolute Gasteiger partial charge is 0.468 e. The van der Waals surface area contributed by atoms with E-state index in [-0.39, 0.29) is 12.0 Å². The fourth-order valence-electron chi connectivity index (χ4n) is 2.08. The summed E-state index contributed by atoms with van der Waals surface area (Å²) in [4.78, 5) is 13.7. The Morgan fingerprint density at radius 1 is 1.50 bits per heavy atom. The van der Waals surface area contributed by atoms with Gasteiger partial charge in [-0.05, 0) is 39.7 Å². The normalized spacial score (nSPS) is 23.1. The van der Waals surface area contributed by atoms with Crippen LogP contribution in [0.15, 0.2) is 0 Å². The van der Waals surface area contributed by atoms with Crippen LogP contribution in [-0.4, -0.2) is 47.8 Å². The number of carbonyl (C=O) groups excluding carboxylic acids is 1. The molecule has 1 saturated heterocycles. The first kappa shape index (κ1) is 13.5. The Morgan fingerprint density at radius 2 is 2.19 bits per heavy atom. The van der Waals surface area contributed by atoms with E-state index >= 15 is 0 Å². The van der Waals surface area contributed by atoms with E-state index in [4.69, 9.17) is 4.74 Å². The van der Waals surface area contributed by atoms with Gasteiger partial charge in [0.1, 0.15) is 6.04 Å². The Kier molecular flexibility index (Phi) is 4.74. The third-order valence-corrected chi connectivity index (χ3v) is 3.10. The number of ether oxygens (including phenoxy) is 1. The van der Waals surface area contributed by atoms with Crippen LogP contribution in [0.3, 0.4) is 0 Å². The average Bonchev–Trinajstić information content (AvgIpc) is 2.25. The van der Waals surface area contributed by atoms with E-state index in [1.54, 1.807) is 13.8 Å². The second-order valence-electron chi connectivity index (χ2n) is 5.13. The lowest BCUT2D eigenvalue weighted by atomic mass is 9.99. The smallest absolute Gasteiger partial charge is 0.323 e. The second-order valence-corrected chi connectivity index (χ2v) is 5.13. The van der Waals surface area contributed by atoms with Crippen molar-refractivity contribution >= 4 is 5.97 Å². The molecule has 0 amide bonds. The topological polar surface area (TPSA) is 49.8 Å². The Morgan fingerprint density at radius 3 is 2.75 bits per heavy atom. The standard InChI is InChI=1S/C12H23NO3/c1-12(2,15)7-9-13-8-5-4-6-10(13)11(14)16-3/h10,15H,4-9H2,1-3H3/t10-/m1/s1. The monoisotopic (exact) mass is 229 g/mol. The van der Waals surface area contributed by atoms with E-state index in [1.807, 2.05) is 0 Å². The van der Waals surface area contributed by atoms with E-state index < -0.39 is 5.60 Å². The van der Waals surface area contributed by atoms with Crippen molar-refractivity contribution in [1.29, 1.82) is 0 Å². The van der Waals surface area contributed by atoms with Crippen molar-refractivity contribution in [3.8, 4) is 0 Å². The van der Waals surface area contributed by atoms with Gasteiger partial charge in [-0.2, -0.15) is 0 Å². The van der Waals surface area contributed by atoms with Gasteiger partial charge in [0.2, 0.25) is 0 Å². The SMILES string of the molecule is COC(=O)[C@H]1CCCCN1CCC(C)(C)O. The quantitative estimate of drug-likeness (QED) is 0.735. The van der Waals surface area contributed by atoms with E-state index in [9.17, 15) is 9.90 Å². The highest BCUT2D eigenvalue weighted by Crippen LogP contribution is 2.20. The molecule has 0 aliphatic carbocycles. The Labute approximate surface area is 97.6 Å². The summed E-state index contributed by atoms with van der Waals surface area (Å²) in [5.74, 6) is -0.143. The Hall–Kier alpha value is -0.610. The number of aliphatic hydroxyl groups is 1. The maximum absolute atomic E-state index is 11.6. The fraction of sp³-hybridized carbons (Fsp3) is 0.917. The van der Waals surface area contributed by atoms with E-state index in [0.717, 1.165) is 32.4 Å². The zero-order valence-corrected chi connectivity index (χ0v) is 10.5. The number of esters is 1. The molecule has 1 fully saturated rings. The molecule has 0 unspecified atom stereocenters. The highest BCUT2D eigenvalue weighted by atomic mass is 16.5. The highest BCUT2D eigenvalue weighted by molar-refractivity contribution is 5.75. The predicted octanol–water partition coefficient (Wildman–Crippen LogP) is 1.17. The Balaban J connectivity index is 2.50. The molecular weight excluding hydrogens is 206 g/mol. The van der Waals surface area contributed by atoms with Gasteiger partial charge in [0.05, 0.1) is 12.7 Å². The summed E-state index contributed by atoms with van der Waals surface area (Å²) in [7, 11) is 1.44. The molecule has 0 aromatic heterocycles. The number of rotatable bonds is 4. The molecule has 4 heteroatoms. The van der Waals surface area contributed by atoms with E-state index in [1.165, 1.54) is 7.11 Å². The van der Waals surface area contributed by atoms with Crippen LogP contribution < -0.4 is 0 Å². The number of hydrogen-bond acceptors (Lipinski definition) is 4. The lowest BCUT2D eigenvalue weighted by Crippen LogP contribution is -2.46. The molecule has 16 heavy (non-hydrogen) atoms. The van der Waals surface area contributed by atoms with Gasteiger partial charge in [-0.15, -0.1) is 0 Å². The first-order valence-electron chi connectivity index (χ1n) is 5.98. The molecule has 1 atom stereocenters. The number of piperidine rings is 1. The van der Waals surface area contributed by atoms with Gasteiger partial charge in [-0.25, -0.2) is 0 Å². The molecule has 94 valence electrons. The van der Waals surface area contributed by atoms with Gasteiger partial charge in [-0.1, -0.05) is 6.42 Å². The maximum atomic E-state index is 11.6. The van der Waals surface area contributed by atoms with Crippen molar-refractivity contribution < 1.29 is 14.6 Å². The zero-order valence-electron chi connectivity index (χ0n) is 10.5. The Bertz CT molecular complexity index is 235. The molecule has 1 N–H and O–H groups in total. The van der Waals surface area contributed by atoms with Crippen molar-refractivity contribution in [2.45, 2.75) is 51.2 Å². The first-order valence-corrected chi connectivity index (χ1v) is 5.98. The molecule has 4 nitrogen and oxygen atoms in total. The number of nitrogens with zero attached hydrogens (tertiary/aromatic N) is 1. The lowest BCUT2D eigenvalue weighted by molar-refractivity contribution is -0.148. The maximum Gasteiger partial charge on any atom is 0.323 e. The van der Waals surface area contributed by atoms with Gasteiger partial charge in [0, 0.05) is 6.54 Å². The predicted molar refractivity (Wildman–Crippen MR) is 62.1 cm³/mol. The minimum absolute atomic E-state index is 0.110. The molecule has 0 saturated carbocycles. The zero-order chi connectivity index (χ0) is 12.2. The molecular formula is C12H23NO3. The van der Waals surface area contributed by atoms with E-state index in [0.29, 0.717) is 6.42 Å². The average molecular weight is 229 g/mol. The fourth-order valence-corrected chi connectivity index (χ4v) is 2.08. The molecule has 1 aliphatic rings. The van der Waals surface area contributed by atoms with Crippen LogP contribution in [0.25, 0.3) is 0 Å². The van der Waals surface area contributed by atoms with E-state index in [2.05, 4.69) is 4.90 Å². The first-order chi connectivity index (χ1) is 7.44. The molecule has 0 bridgehead atoms. The highest BCUT2D eigenvalue weighted by Gasteiger charge is 2.30. The van der Waals surface area contributed by atoms with Crippen LogP contribution >= 0.6 is 0 Å². The number of methoxy groups -OCH3 is 1. The second kappa shape index (κ2) is 5.64. The molecule has 1 aliphatic heterocycles. The third kappa shape index (κ3) is 4.10. The number of hydrogen-bond donors (Lipinski definition) is 1. The van der Waals surface area contributed by atoms with Gasteiger partial charge in [0.25, 0.3) is 0 Å². The van der Waals surface area contributed by atoms with Crippen LogP contribution in [0.2, 0.25) is 0 Å². The molecule has 0 radical (unpaired) electrons.